The maximum Gasteiger partial charge on any atom is 0.0931 e. The lowest BCUT2D eigenvalue weighted by atomic mass is 9.88. The van der Waals surface area contributed by atoms with E-state index in [2.05, 4.69) is 52.6 Å². The van der Waals surface area contributed by atoms with Gasteiger partial charge >= 0.3 is 0 Å². The van der Waals surface area contributed by atoms with Crippen LogP contribution in [0, 0.1) is 0 Å². The molecule has 2 rings (SSSR count). The molecule has 0 spiro atoms. The molecule has 4 nitrogen and oxygen atoms in total. The second-order valence-electron chi connectivity index (χ2n) is 4.87. The Balaban J connectivity index is 2.42. The molecule has 0 aliphatic carbocycles. The summed E-state index contributed by atoms with van der Waals surface area (Å²) in [7, 11) is 3.97. The summed E-state index contributed by atoms with van der Waals surface area (Å²) in [6, 6.07) is 6.59. The lowest BCUT2D eigenvalue weighted by Crippen LogP contribution is -2.47. The van der Waals surface area contributed by atoms with Crippen LogP contribution in [0.5, 0.6) is 0 Å². The number of rotatable bonds is 4. The maximum atomic E-state index is 4.24. The van der Waals surface area contributed by atoms with Crippen molar-refractivity contribution in [1.82, 2.24) is 20.6 Å². The Morgan fingerprint density at radius 1 is 1.29 bits per heavy atom. The van der Waals surface area contributed by atoms with E-state index in [1.165, 1.54) is 5.56 Å². The van der Waals surface area contributed by atoms with Crippen molar-refractivity contribution in [2.75, 3.05) is 14.1 Å². The lowest BCUT2D eigenvalue weighted by Gasteiger charge is -2.34. The molecule has 0 saturated carbocycles. The fraction of sp³-hybridized carbons (Fsp3) is 0.462. The molecule has 1 unspecified atom stereocenters. The highest BCUT2D eigenvalue weighted by molar-refractivity contribution is 5.75. The predicted octanol–water partition coefficient (Wildman–Crippen LogP) is 1.82. The molecule has 0 aliphatic heterocycles. The monoisotopic (exact) mass is 232 g/mol. The van der Waals surface area contributed by atoms with E-state index in [-0.39, 0.29) is 11.6 Å². The second-order valence-corrected chi connectivity index (χ2v) is 4.87. The third-order valence-electron chi connectivity index (χ3n) is 3.43. The maximum absolute atomic E-state index is 4.24. The Kier molecular flexibility index (Phi) is 3.17. The molecule has 0 amide bonds. The quantitative estimate of drug-likeness (QED) is 0.753. The summed E-state index contributed by atoms with van der Waals surface area (Å²) in [6.07, 6.45) is 1.73. The van der Waals surface area contributed by atoms with E-state index in [4.69, 9.17) is 0 Å². The predicted molar refractivity (Wildman–Crippen MR) is 71.0 cm³/mol. The largest absolute Gasteiger partial charge is 0.345 e. The molecule has 2 aromatic rings. The average Bonchev–Trinajstić information content (AvgIpc) is 2.77. The van der Waals surface area contributed by atoms with E-state index in [1.54, 1.807) is 6.33 Å². The average molecular weight is 232 g/mol. The number of nitrogens with one attached hydrogen (secondary N) is 3. The summed E-state index contributed by atoms with van der Waals surface area (Å²) in [4.78, 5) is 7.38. The standard InChI is InChI=1S/C13H20N4/c1-13(2,15-4)12(14-3)9-5-6-10-11(7-9)17-8-16-10/h5-8,12,14-15H,1-4H3,(H,16,17). The van der Waals surface area contributed by atoms with Crippen LogP contribution in [0.1, 0.15) is 25.5 Å². The Morgan fingerprint density at radius 3 is 2.71 bits per heavy atom. The molecule has 1 heterocycles. The number of nitrogens with zero attached hydrogens (tertiary/aromatic N) is 1. The van der Waals surface area contributed by atoms with E-state index in [9.17, 15) is 0 Å². The lowest BCUT2D eigenvalue weighted by molar-refractivity contribution is 0.311. The van der Waals surface area contributed by atoms with Crippen molar-refractivity contribution in [3.05, 3.63) is 30.1 Å². The van der Waals surface area contributed by atoms with Crippen LogP contribution in [0.25, 0.3) is 11.0 Å². The highest BCUT2D eigenvalue weighted by Gasteiger charge is 2.27. The van der Waals surface area contributed by atoms with Gasteiger partial charge in [-0.3, -0.25) is 0 Å². The number of hydrogen-bond donors (Lipinski definition) is 3. The summed E-state index contributed by atoms with van der Waals surface area (Å²) >= 11 is 0. The normalized spacial score (nSPS) is 14.1. The van der Waals surface area contributed by atoms with Crippen LogP contribution in [-0.2, 0) is 0 Å². The van der Waals surface area contributed by atoms with Crippen LogP contribution in [-0.4, -0.2) is 29.6 Å². The molecule has 92 valence electrons. The molecule has 4 heteroatoms. The van der Waals surface area contributed by atoms with Gasteiger partial charge in [0.25, 0.3) is 0 Å². The van der Waals surface area contributed by atoms with Crippen molar-refractivity contribution in [2.45, 2.75) is 25.4 Å². The number of fused-ring (bicyclic) bond motifs is 1. The van der Waals surface area contributed by atoms with Gasteiger partial charge in [0.15, 0.2) is 0 Å². The van der Waals surface area contributed by atoms with Gasteiger partial charge in [0.2, 0.25) is 0 Å². The Labute approximate surface area is 102 Å². The highest BCUT2D eigenvalue weighted by Crippen LogP contribution is 2.26. The first-order chi connectivity index (χ1) is 8.08. The van der Waals surface area contributed by atoms with Gasteiger partial charge in [-0.15, -0.1) is 0 Å². The molecular formula is C13H20N4. The molecule has 0 aliphatic rings. The van der Waals surface area contributed by atoms with E-state index in [0.717, 1.165) is 11.0 Å². The number of benzene rings is 1. The minimum Gasteiger partial charge on any atom is -0.345 e. The van der Waals surface area contributed by atoms with Crippen LogP contribution < -0.4 is 10.6 Å². The van der Waals surface area contributed by atoms with Crippen molar-refractivity contribution in [3.8, 4) is 0 Å². The highest BCUT2D eigenvalue weighted by atomic mass is 15.0. The zero-order valence-corrected chi connectivity index (χ0v) is 10.8. The van der Waals surface area contributed by atoms with Crippen LogP contribution in [0.3, 0.4) is 0 Å². The molecule has 0 radical (unpaired) electrons. The van der Waals surface area contributed by atoms with Gasteiger partial charge in [-0.25, -0.2) is 4.98 Å². The first-order valence-electron chi connectivity index (χ1n) is 5.87. The topological polar surface area (TPSA) is 52.7 Å². The van der Waals surface area contributed by atoms with Crippen molar-refractivity contribution < 1.29 is 0 Å². The fourth-order valence-corrected chi connectivity index (χ4v) is 2.22. The van der Waals surface area contributed by atoms with Gasteiger partial charge in [0, 0.05) is 11.6 Å². The molecule has 1 aromatic carbocycles. The zero-order valence-electron chi connectivity index (χ0n) is 10.8. The fourth-order valence-electron chi connectivity index (χ4n) is 2.22. The van der Waals surface area contributed by atoms with Gasteiger partial charge in [0.05, 0.1) is 17.4 Å². The second kappa shape index (κ2) is 4.47. The smallest absolute Gasteiger partial charge is 0.0931 e. The van der Waals surface area contributed by atoms with Gasteiger partial charge in [-0.05, 0) is 45.6 Å². The Hall–Kier alpha value is -1.39. The van der Waals surface area contributed by atoms with Crippen LogP contribution >= 0.6 is 0 Å². The van der Waals surface area contributed by atoms with Gasteiger partial charge < -0.3 is 15.6 Å². The summed E-state index contributed by atoms with van der Waals surface area (Å²) in [5, 5.41) is 6.71. The van der Waals surface area contributed by atoms with E-state index in [1.807, 2.05) is 14.1 Å². The molecular weight excluding hydrogens is 212 g/mol. The number of likely N-dealkylation sites (N-methyl/N-ethyl adjacent to an activating group) is 2. The molecule has 3 N–H and O–H groups in total. The van der Waals surface area contributed by atoms with Crippen molar-refractivity contribution in [2.24, 2.45) is 0 Å². The molecule has 0 bridgehead atoms. The first-order valence-corrected chi connectivity index (χ1v) is 5.87. The number of aromatic amines is 1. The van der Waals surface area contributed by atoms with Crippen molar-refractivity contribution in [1.29, 1.82) is 0 Å². The molecule has 1 aromatic heterocycles. The minimum atomic E-state index is -0.0115. The first kappa shape index (κ1) is 12.1. The summed E-state index contributed by atoms with van der Waals surface area (Å²) in [5.41, 5.74) is 3.33. The SMILES string of the molecule is CNC(c1ccc2nc[nH]c2c1)C(C)(C)NC. The van der Waals surface area contributed by atoms with Gasteiger partial charge in [-0.1, -0.05) is 6.07 Å². The van der Waals surface area contributed by atoms with Gasteiger partial charge in [0.1, 0.15) is 0 Å². The minimum absolute atomic E-state index is 0.0115. The Bertz CT molecular complexity index is 501. The third-order valence-corrected chi connectivity index (χ3v) is 3.43. The molecule has 0 fully saturated rings. The summed E-state index contributed by atoms with van der Waals surface area (Å²) in [6.45, 7) is 4.37. The number of aromatic nitrogens is 2. The van der Waals surface area contributed by atoms with E-state index >= 15 is 0 Å². The molecule has 17 heavy (non-hydrogen) atoms. The number of hydrogen-bond acceptors (Lipinski definition) is 3. The number of imidazole rings is 1. The summed E-state index contributed by atoms with van der Waals surface area (Å²) < 4.78 is 0. The van der Waals surface area contributed by atoms with Crippen molar-refractivity contribution >= 4 is 11.0 Å². The zero-order chi connectivity index (χ0) is 12.5. The molecule has 0 saturated heterocycles. The summed E-state index contributed by atoms with van der Waals surface area (Å²) in [5.74, 6) is 0. The van der Waals surface area contributed by atoms with E-state index < -0.39 is 0 Å². The Morgan fingerprint density at radius 2 is 2.06 bits per heavy atom. The van der Waals surface area contributed by atoms with Crippen LogP contribution in [0.4, 0.5) is 0 Å². The van der Waals surface area contributed by atoms with Crippen LogP contribution in [0.2, 0.25) is 0 Å². The van der Waals surface area contributed by atoms with Gasteiger partial charge in [-0.2, -0.15) is 0 Å². The van der Waals surface area contributed by atoms with Crippen molar-refractivity contribution in [3.63, 3.8) is 0 Å². The molecule has 1 atom stereocenters. The third kappa shape index (κ3) is 2.18. The number of H-pyrrole nitrogens is 1. The van der Waals surface area contributed by atoms with Crippen LogP contribution in [0.15, 0.2) is 24.5 Å². The van der Waals surface area contributed by atoms with E-state index in [0.29, 0.717) is 0 Å².